The first-order valence-electron chi connectivity index (χ1n) is 6.69. The van der Waals surface area contributed by atoms with Crippen molar-refractivity contribution in [1.29, 1.82) is 0 Å². The third kappa shape index (κ3) is 4.23. The van der Waals surface area contributed by atoms with Crippen LogP contribution in [0.25, 0.3) is 5.69 Å². The van der Waals surface area contributed by atoms with E-state index >= 15 is 0 Å². The van der Waals surface area contributed by atoms with Crippen LogP contribution < -0.4 is 5.32 Å². The summed E-state index contributed by atoms with van der Waals surface area (Å²) in [6.07, 6.45) is 0. The normalized spacial score (nSPS) is 11.6. The van der Waals surface area contributed by atoms with Crippen molar-refractivity contribution < 1.29 is 0 Å². The Labute approximate surface area is 124 Å². The second kappa shape index (κ2) is 6.26. The van der Waals surface area contributed by atoms with Crippen LogP contribution >= 0.6 is 11.8 Å². The van der Waals surface area contributed by atoms with E-state index in [1.807, 2.05) is 23.9 Å². The maximum Gasteiger partial charge on any atom is 0.247 e. The molecule has 1 aromatic heterocycles. The molecule has 0 saturated carbocycles. The van der Waals surface area contributed by atoms with Crippen molar-refractivity contribution in [3.63, 3.8) is 0 Å². The fourth-order valence-electron chi connectivity index (χ4n) is 1.68. The third-order valence-electron chi connectivity index (χ3n) is 2.67. The highest BCUT2D eigenvalue weighted by atomic mass is 32.2. The monoisotopic (exact) mass is 291 g/mol. The number of nitrogens with zero attached hydrogens (tertiary/aromatic N) is 4. The average molecular weight is 291 g/mol. The van der Waals surface area contributed by atoms with E-state index in [-0.39, 0.29) is 4.75 Å². The molecule has 1 N–H and O–H groups in total. The Balaban J connectivity index is 1.97. The molecule has 0 aliphatic carbocycles. The van der Waals surface area contributed by atoms with Gasteiger partial charge in [-0.3, -0.25) is 0 Å². The summed E-state index contributed by atoms with van der Waals surface area (Å²) in [5, 5.41) is 15.1. The zero-order valence-electron chi connectivity index (χ0n) is 12.4. The Bertz CT molecular complexity index is 541. The Morgan fingerprint density at radius 2 is 1.90 bits per heavy atom. The van der Waals surface area contributed by atoms with E-state index in [0.717, 1.165) is 18.0 Å². The fraction of sp³-hybridized carbons (Fsp3) is 0.500. The van der Waals surface area contributed by atoms with Crippen LogP contribution in [0.4, 0.5) is 5.95 Å². The van der Waals surface area contributed by atoms with E-state index in [2.05, 4.69) is 60.7 Å². The molecule has 0 saturated heterocycles. The lowest BCUT2D eigenvalue weighted by molar-refractivity contribution is 0.789. The summed E-state index contributed by atoms with van der Waals surface area (Å²) in [6, 6.07) is 8.13. The van der Waals surface area contributed by atoms with Gasteiger partial charge in [0.05, 0.1) is 5.69 Å². The van der Waals surface area contributed by atoms with Gasteiger partial charge in [0.1, 0.15) is 0 Å². The van der Waals surface area contributed by atoms with Crippen LogP contribution in [-0.2, 0) is 0 Å². The summed E-state index contributed by atoms with van der Waals surface area (Å²) >= 11 is 1.92. The number of rotatable bonds is 5. The number of nitrogens with one attached hydrogen (secondary N) is 1. The van der Waals surface area contributed by atoms with Crippen molar-refractivity contribution in [2.75, 3.05) is 17.6 Å². The Morgan fingerprint density at radius 3 is 2.55 bits per heavy atom. The highest BCUT2D eigenvalue weighted by molar-refractivity contribution is 8.00. The van der Waals surface area contributed by atoms with E-state index in [9.17, 15) is 0 Å². The number of anilines is 1. The predicted molar refractivity (Wildman–Crippen MR) is 84.6 cm³/mol. The van der Waals surface area contributed by atoms with Crippen LogP contribution in [0.2, 0.25) is 0 Å². The van der Waals surface area contributed by atoms with Gasteiger partial charge in [-0.2, -0.15) is 16.4 Å². The molecule has 1 heterocycles. The van der Waals surface area contributed by atoms with Gasteiger partial charge in [-0.15, -0.1) is 0 Å². The molecule has 0 fully saturated rings. The molecule has 5 nitrogen and oxygen atoms in total. The van der Waals surface area contributed by atoms with Crippen LogP contribution in [0, 0.1) is 6.92 Å². The molecule has 2 rings (SSSR count). The lowest BCUT2D eigenvalue weighted by Gasteiger charge is -2.17. The average Bonchev–Trinajstić information content (AvgIpc) is 2.83. The summed E-state index contributed by atoms with van der Waals surface area (Å²) in [4.78, 5) is 0. The van der Waals surface area contributed by atoms with Crippen LogP contribution in [0.5, 0.6) is 0 Å². The van der Waals surface area contributed by atoms with Gasteiger partial charge < -0.3 is 5.32 Å². The number of thioether (sulfide) groups is 1. The molecular formula is C14H21N5S. The van der Waals surface area contributed by atoms with Crippen LogP contribution in [0.1, 0.15) is 26.3 Å². The van der Waals surface area contributed by atoms with Gasteiger partial charge in [0.25, 0.3) is 0 Å². The molecule has 1 aromatic carbocycles. The Morgan fingerprint density at radius 1 is 1.20 bits per heavy atom. The second-order valence-corrected chi connectivity index (χ2v) is 7.56. The fourth-order valence-corrected chi connectivity index (χ4v) is 2.49. The summed E-state index contributed by atoms with van der Waals surface area (Å²) in [5.41, 5.74) is 2.18. The van der Waals surface area contributed by atoms with Crippen molar-refractivity contribution in [3.8, 4) is 5.69 Å². The molecule has 0 bridgehead atoms. The number of hydrogen-bond donors (Lipinski definition) is 1. The van der Waals surface area contributed by atoms with E-state index in [1.165, 1.54) is 5.56 Å². The molecule has 0 spiro atoms. The minimum atomic E-state index is 0.282. The highest BCUT2D eigenvalue weighted by Crippen LogP contribution is 2.22. The van der Waals surface area contributed by atoms with Crippen molar-refractivity contribution in [1.82, 2.24) is 20.2 Å². The Hall–Kier alpha value is -1.56. The van der Waals surface area contributed by atoms with E-state index < -0.39 is 0 Å². The first-order chi connectivity index (χ1) is 9.46. The number of tetrazole rings is 1. The van der Waals surface area contributed by atoms with Crippen molar-refractivity contribution in [3.05, 3.63) is 29.8 Å². The van der Waals surface area contributed by atoms with E-state index in [1.54, 1.807) is 4.68 Å². The van der Waals surface area contributed by atoms with Crippen LogP contribution in [0.3, 0.4) is 0 Å². The summed E-state index contributed by atoms with van der Waals surface area (Å²) in [6.45, 7) is 9.55. The molecule has 0 atom stereocenters. The first-order valence-corrected chi connectivity index (χ1v) is 7.67. The van der Waals surface area contributed by atoms with E-state index in [0.29, 0.717) is 5.95 Å². The maximum absolute atomic E-state index is 4.03. The summed E-state index contributed by atoms with van der Waals surface area (Å²) in [5.74, 6) is 1.70. The molecule has 0 aliphatic heterocycles. The summed E-state index contributed by atoms with van der Waals surface area (Å²) in [7, 11) is 0. The molecule has 2 aromatic rings. The lowest BCUT2D eigenvalue weighted by Crippen LogP contribution is -2.15. The lowest BCUT2D eigenvalue weighted by atomic mass is 10.2. The van der Waals surface area contributed by atoms with Crippen molar-refractivity contribution in [2.24, 2.45) is 0 Å². The van der Waals surface area contributed by atoms with Crippen molar-refractivity contribution in [2.45, 2.75) is 32.4 Å². The second-order valence-electron chi connectivity index (χ2n) is 5.64. The van der Waals surface area contributed by atoms with Crippen molar-refractivity contribution >= 4 is 17.7 Å². The first kappa shape index (κ1) is 14.8. The smallest absolute Gasteiger partial charge is 0.247 e. The number of benzene rings is 1. The zero-order valence-corrected chi connectivity index (χ0v) is 13.2. The molecule has 0 amide bonds. The molecule has 20 heavy (non-hydrogen) atoms. The van der Waals surface area contributed by atoms with Gasteiger partial charge in [0.2, 0.25) is 5.95 Å². The zero-order chi connectivity index (χ0) is 14.6. The molecular weight excluding hydrogens is 270 g/mol. The predicted octanol–water partition coefficient (Wildman–Crippen LogP) is 2.91. The molecule has 108 valence electrons. The molecule has 0 radical (unpaired) electrons. The maximum atomic E-state index is 4.03. The van der Waals surface area contributed by atoms with Gasteiger partial charge in [-0.05, 0) is 29.5 Å². The topological polar surface area (TPSA) is 55.6 Å². The Kier molecular flexibility index (Phi) is 4.65. The molecule has 6 heteroatoms. The summed E-state index contributed by atoms with van der Waals surface area (Å²) < 4.78 is 2.01. The SMILES string of the molecule is Cc1ccc(-n2nnnc2NCCSC(C)(C)C)cc1. The minimum Gasteiger partial charge on any atom is -0.352 e. The van der Waals surface area contributed by atoms with Gasteiger partial charge in [0.15, 0.2) is 0 Å². The number of hydrogen-bond acceptors (Lipinski definition) is 5. The largest absolute Gasteiger partial charge is 0.352 e. The quantitative estimate of drug-likeness (QED) is 0.858. The van der Waals surface area contributed by atoms with Gasteiger partial charge in [-0.25, -0.2) is 0 Å². The number of aromatic nitrogens is 4. The minimum absolute atomic E-state index is 0.282. The third-order valence-corrected chi connectivity index (χ3v) is 3.94. The van der Waals surface area contributed by atoms with E-state index in [4.69, 9.17) is 0 Å². The molecule has 0 aliphatic rings. The highest BCUT2D eigenvalue weighted by Gasteiger charge is 2.11. The van der Waals surface area contributed by atoms with Crippen LogP contribution in [0.15, 0.2) is 24.3 Å². The standard InChI is InChI=1S/C14H21N5S/c1-11-5-7-12(8-6-11)19-13(16-17-18-19)15-9-10-20-14(2,3)4/h5-8H,9-10H2,1-4H3,(H,15,16,18). The van der Waals surface area contributed by atoms with Gasteiger partial charge in [-0.1, -0.05) is 43.6 Å². The van der Waals surface area contributed by atoms with Gasteiger partial charge >= 0.3 is 0 Å². The number of aryl methyl sites for hydroxylation is 1. The molecule has 0 unspecified atom stereocenters. The van der Waals surface area contributed by atoms with Crippen LogP contribution in [-0.4, -0.2) is 37.3 Å². The van der Waals surface area contributed by atoms with Gasteiger partial charge in [0, 0.05) is 17.0 Å².